The van der Waals surface area contributed by atoms with E-state index in [0.29, 0.717) is 0 Å². The minimum Gasteiger partial charge on any atom is -0.143 e. The van der Waals surface area contributed by atoms with E-state index in [1.807, 2.05) is 34.0 Å². The number of halogens is 1. The van der Waals surface area contributed by atoms with Crippen LogP contribution in [-0.2, 0) is 5.41 Å². The summed E-state index contributed by atoms with van der Waals surface area (Å²) in [5.41, 5.74) is 1.58. The Balaban J connectivity index is 2.02. The van der Waals surface area contributed by atoms with E-state index in [1.54, 1.807) is 0 Å². The van der Waals surface area contributed by atoms with Gasteiger partial charge in [0.2, 0.25) is 0 Å². The first-order chi connectivity index (χ1) is 9.86. The molecule has 4 heteroatoms. The summed E-state index contributed by atoms with van der Waals surface area (Å²) in [5, 5.41) is 2.17. The standard InChI is InChI=1S/C17H17BrS3/c1-10-7-8-19-15(10)16-11(18)9-13(21-16)12-5-6-14(20-12)17(2,3)4/h5-9H,1-4H3. The maximum atomic E-state index is 3.74. The van der Waals surface area contributed by atoms with Gasteiger partial charge in [-0.3, -0.25) is 0 Å². The van der Waals surface area contributed by atoms with Gasteiger partial charge in [0.15, 0.2) is 0 Å². The third kappa shape index (κ3) is 3.04. The Kier molecular flexibility index (Phi) is 4.17. The zero-order valence-electron chi connectivity index (χ0n) is 12.5. The minimum atomic E-state index is 0.227. The van der Waals surface area contributed by atoms with Gasteiger partial charge in [-0.25, -0.2) is 0 Å². The third-order valence-electron chi connectivity index (χ3n) is 3.34. The summed E-state index contributed by atoms with van der Waals surface area (Å²) >= 11 is 9.35. The highest BCUT2D eigenvalue weighted by Crippen LogP contribution is 2.46. The fourth-order valence-electron chi connectivity index (χ4n) is 2.12. The van der Waals surface area contributed by atoms with Crippen LogP contribution in [0.15, 0.2) is 34.1 Å². The van der Waals surface area contributed by atoms with Crippen LogP contribution in [0.3, 0.4) is 0 Å². The van der Waals surface area contributed by atoms with Crippen molar-refractivity contribution in [2.24, 2.45) is 0 Å². The summed E-state index contributed by atoms with van der Waals surface area (Å²) < 4.78 is 1.21. The molecule has 0 fully saturated rings. The molecule has 0 aliphatic carbocycles. The fraction of sp³-hybridized carbons (Fsp3) is 0.294. The molecule has 0 aliphatic rings. The Morgan fingerprint density at radius 1 is 0.952 bits per heavy atom. The molecule has 0 atom stereocenters. The minimum absolute atomic E-state index is 0.227. The highest BCUT2D eigenvalue weighted by molar-refractivity contribution is 9.10. The molecule has 110 valence electrons. The lowest BCUT2D eigenvalue weighted by Gasteiger charge is -2.15. The van der Waals surface area contributed by atoms with Gasteiger partial charge in [-0.15, -0.1) is 34.0 Å². The number of hydrogen-bond donors (Lipinski definition) is 0. The van der Waals surface area contributed by atoms with Crippen molar-refractivity contribution in [3.8, 4) is 19.5 Å². The normalized spacial score (nSPS) is 12.0. The molecule has 0 nitrogen and oxygen atoms in total. The number of rotatable bonds is 2. The van der Waals surface area contributed by atoms with E-state index in [2.05, 4.69) is 73.3 Å². The summed E-state index contributed by atoms with van der Waals surface area (Å²) in [4.78, 5) is 6.89. The maximum absolute atomic E-state index is 3.74. The van der Waals surface area contributed by atoms with Gasteiger partial charge in [0, 0.05) is 24.0 Å². The van der Waals surface area contributed by atoms with Crippen molar-refractivity contribution in [1.82, 2.24) is 0 Å². The van der Waals surface area contributed by atoms with E-state index in [0.717, 1.165) is 0 Å². The van der Waals surface area contributed by atoms with Crippen molar-refractivity contribution >= 4 is 49.9 Å². The monoisotopic (exact) mass is 396 g/mol. The topological polar surface area (TPSA) is 0 Å². The lowest BCUT2D eigenvalue weighted by Crippen LogP contribution is -2.07. The highest BCUT2D eigenvalue weighted by atomic mass is 79.9. The maximum Gasteiger partial charge on any atom is 0.0594 e. The molecular formula is C17H17BrS3. The van der Waals surface area contributed by atoms with Crippen LogP contribution in [0.5, 0.6) is 0 Å². The molecule has 3 rings (SSSR count). The zero-order chi connectivity index (χ0) is 15.2. The molecule has 0 bridgehead atoms. The molecule has 0 unspecified atom stereocenters. The van der Waals surface area contributed by atoms with Crippen molar-refractivity contribution < 1.29 is 0 Å². The van der Waals surface area contributed by atoms with E-state index in [1.165, 1.54) is 34.4 Å². The fourth-order valence-corrected chi connectivity index (χ4v) is 6.43. The van der Waals surface area contributed by atoms with Crippen LogP contribution in [0.4, 0.5) is 0 Å². The van der Waals surface area contributed by atoms with Crippen LogP contribution in [0.2, 0.25) is 0 Å². The Hall–Kier alpha value is -0.420. The van der Waals surface area contributed by atoms with Gasteiger partial charge in [-0.1, -0.05) is 20.8 Å². The molecule has 0 amide bonds. The van der Waals surface area contributed by atoms with Crippen molar-refractivity contribution in [2.75, 3.05) is 0 Å². The van der Waals surface area contributed by atoms with Gasteiger partial charge in [0.25, 0.3) is 0 Å². The SMILES string of the molecule is Cc1ccsc1-c1sc(-c2ccc(C(C)(C)C)s2)cc1Br. The predicted molar refractivity (Wildman–Crippen MR) is 102 cm³/mol. The van der Waals surface area contributed by atoms with Crippen LogP contribution in [0.25, 0.3) is 19.5 Å². The second kappa shape index (κ2) is 5.65. The van der Waals surface area contributed by atoms with Crippen molar-refractivity contribution in [3.63, 3.8) is 0 Å². The van der Waals surface area contributed by atoms with Crippen molar-refractivity contribution in [2.45, 2.75) is 33.1 Å². The van der Waals surface area contributed by atoms with E-state index in [4.69, 9.17) is 0 Å². The van der Waals surface area contributed by atoms with E-state index in [9.17, 15) is 0 Å². The average Bonchev–Trinajstić information content (AvgIpc) is 3.06. The molecule has 3 aromatic rings. The Morgan fingerprint density at radius 3 is 2.29 bits per heavy atom. The molecular weight excluding hydrogens is 380 g/mol. The first kappa shape index (κ1) is 15.5. The summed E-state index contributed by atoms with van der Waals surface area (Å²) in [5.74, 6) is 0. The molecule has 0 saturated carbocycles. The molecule has 0 aliphatic heterocycles. The van der Waals surface area contributed by atoms with Gasteiger partial charge in [-0.2, -0.15) is 0 Å². The average molecular weight is 397 g/mol. The van der Waals surface area contributed by atoms with Gasteiger partial charge in [-0.05, 0) is 63.5 Å². The van der Waals surface area contributed by atoms with Gasteiger partial charge in [0.05, 0.1) is 4.88 Å². The van der Waals surface area contributed by atoms with Crippen molar-refractivity contribution in [1.29, 1.82) is 0 Å². The molecule has 0 saturated heterocycles. The lowest BCUT2D eigenvalue weighted by atomic mass is 9.95. The quantitative estimate of drug-likeness (QED) is 0.418. The second-order valence-electron chi connectivity index (χ2n) is 6.13. The summed E-state index contributed by atoms with van der Waals surface area (Å²) in [6.45, 7) is 8.99. The molecule has 0 aromatic carbocycles. The van der Waals surface area contributed by atoms with Crippen LogP contribution < -0.4 is 0 Å². The first-order valence-corrected chi connectivity index (χ1v) is 10.1. The van der Waals surface area contributed by atoms with Gasteiger partial charge in [0.1, 0.15) is 0 Å². The number of hydrogen-bond acceptors (Lipinski definition) is 3. The van der Waals surface area contributed by atoms with Crippen molar-refractivity contribution in [3.05, 3.63) is 44.6 Å². The van der Waals surface area contributed by atoms with Gasteiger partial charge < -0.3 is 0 Å². The number of aryl methyl sites for hydroxylation is 1. The first-order valence-electron chi connectivity index (χ1n) is 6.81. The van der Waals surface area contributed by atoms with Gasteiger partial charge >= 0.3 is 0 Å². The summed E-state index contributed by atoms with van der Waals surface area (Å²) in [6.07, 6.45) is 0. The summed E-state index contributed by atoms with van der Waals surface area (Å²) in [7, 11) is 0. The van der Waals surface area contributed by atoms with Crippen LogP contribution in [0.1, 0.15) is 31.2 Å². The summed E-state index contributed by atoms with van der Waals surface area (Å²) in [6, 6.07) is 8.98. The molecule has 3 aromatic heterocycles. The molecule has 0 radical (unpaired) electrons. The Morgan fingerprint density at radius 2 is 1.71 bits per heavy atom. The van der Waals surface area contributed by atoms with E-state index < -0.39 is 0 Å². The molecule has 0 N–H and O–H groups in total. The predicted octanol–water partition coefficient (Wildman–Crippen LogP) is 7.57. The Bertz CT molecular complexity index is 768. The highest BCUT2D eigenvalue weighted by Gasteiger charge is 2.19. The molecule has 21 heavy (non-hydrogen) atoms. The smallest absolute Gasteiger partial charge is 0.0594 e. The zero-order valence-corrected chi connectivity index (χ0v) is 16.5. The van der Waals surface area contributed by atoms with Crippen LogP contribution in [-0.4, -0.2) is 0 Å². The van der Waals surface area contributed by atoms with E-state index in [-0.39, 0.29) is 5.41 Å². The Labute approximate surface area is 146 Å². The molecule has 3 heterocycles. The number of thiophene rings is 3. The third-order valence-corrected chi connectivity index (χ3v) is 8.25. The van der Waals surface area contributed by atoms with E-state index >= 15 is 0 Å². The largest absolute Gasteiger partial charge is 0.143 e. The van der Waals surface area contributed by atoms with Crippen LogP contribution >= 0.6 is 49.9 Å². The molecule has 0 spiro atoms. The second-order valence-corrected chi connectivity index (χ2v) is 10.0. The lowest BCUT2D eigenvalue weighted by molar-refractivity contribution is 0.604. The van der Waals surface area contributed by atoms with Crippen LogP contribution in [0, 0.1) is 6.92 Å².